The van der Waals surface area contributed by atoms with Crippen molar-refractivity contribution in [3.63, 3.8) is 0 Å². The quantitative estimate of drug-likeness (QED) is 0.0228. The van der Waals surface area contributed by atoms with Crippen LogP contribution in [0.4, 0.5) is 19.3 Å². The van der Waals surface area contributed by atoms with Crippen LogP contribution >= 0.6 is 0 Å². The average molecular weight is 1210 g/mol. The van der Waals surface area contributed by atoms with Crippen molar-refractivity contribution >= 4 is 59.2 Å². The number of hydrogen-bond acceptors (Lipinski definition) is 17. The molecule has 27 nitrogen and oxygen atoms in total. The van der Waals surface area contributed by atoms with Gasteiger partial charge in [-0.3, -0.25) is 68.4 Å². The van der Waals surface area contributed by atoms with E-state index in [1.165, 1.54) is 0 Å². The monoisotopic (exact) mass is 1210 g/mol. The maximum absolute atomic E-state index is 14.7. The van der Waals surface area contributed by atoms with Crippen molar-refractivity contribution in [2.24, 2.45) is 16.5 Å². The second-order valence-electron chi connectivity index (χ2n) is 21.1. The predicted octanol–water partition coefficient (Wildman–Crippen LogP) is -0.0501. The van der Waals surface area contributed by atoms with E-state index in [0.29, 0.717) is 89.3 Å². The van der Waals surface area contributed by atoms with Gasteiger partial charge in [-0.25, -0.2) is 13.6 Å². The van der Waals surface area contributed by atoms with Gasteiger partial charge in [-0.2, -0.15) is 0 Å². The summed E-state index contributed by atoms with van der Waals surface area (Å²) in [6.45, 7) is 4.72. The minimum absolute atomic E-state index is 0.0101. The number of aromatic hydroxyl groups is 1. The van der Waals surface area contributed by atoms with Crippen LogP contribution in [0, 0.1) is 11.6 Å². The minimum atomic E-state index is -1.23. The summed E-state index contributed by atoms with van der Waals surface area (Å²) in [5, 5.41) is 57.5. The summed E-state index contributed by atoms with van der Waals surface area (Å²) in [5.41, 5.74) is 14.9. The number of urea groups is 1. The van der Waals surface area contributed by atoms with Gasteiger partial charge in [0.15, 0.2) is 5.96 Å². The highest BCUT2D eigenvalue weighted by Gasteiger charge is 2.35. The van der Waals surface area contributed by atoms with Crippen molar-refractivity contribution in [1.29, 1.82) is 0 Å². The highest BCUT2D eigenvalue weighted by atomic mass is 19.1. The highest BCUT2D eigenvalue weighted by Crippen LogP contribution is 2.33. The molecule has 2 aliphatic rings. The number of halogens is 2. The fourth-order valence-corrected chi connectivity index (χ4v) is 9.88. The van der Waals surface area contributed by atoms with Gasteiger partial charge < -0.3 is 63.8 Å². The predicted molar refractivity (Wildman–Crippen MR) is 314 cm³/mol. The Morgan fingerprint density at radius 3 is 1.74 bits per heavy atom. The first kappa shape index (κ1) is 68.7. The number of rotatable bonds is 31. The van der Waals surface area contributed by atoms with E-state index in [4.69, 9.17) is 11.5 Å². The first-order chi connectivity index (χ1) is 41.2. The van der Waals surface area contributed by atoms with Crippen molar-refractivity contribution < 1.29 is 67.6 Å². The number of carbonyl (C=O) groups excluding carboxylic acids is 5. The first-order valence-electron chi connectivity index (χ1n) is 28.8. The summed E-state index contributed by atoms with van der Waals surface area (Å²) in [5.74, 6) is -7.99. The van der Waals surface area contributed by atoms with Crippen molar-refractivity contribution in [3.05, 3.63) is 94.6 Å². The molecule has 2 aliphatic heterocycles. The lowest BCUT2D eigenvalue weighted by atomic mass is 10.0. The van der Waals surface area contributed by atoms with Gasteiger partial charge in [-0.05, 0) is 74.3 Å². The molecule has 2 heterocycles. The third kappa shape index (κ3) is 24.5. The van der Waals surface area contributed by atoms with E-state index in [1.54, 1.807) is 33.8 Å². The van der Waals surface area contributed by atoms with E-state index in [1.807, 2.05) is 46.2 Å². The molecule has 0 unspecified atom stereocenters. The number of benzene rings is 3. The Kier molecular flexibility index (Phi) is 28.8. The Bertz CT molecular complexity index is 2720. The molecule has 0 aliphatic carbocycles. The fraction of sp³-hybridized carbons (Fsp3) is 0.526. The second-order valence-corrected chi connectivity index (χ2v) is 21.1. The number of phenols is 1. The molecule has 0 spiro atoms. The number of fused-ring (bicyclic) bond motifs is 1. The van der Waals surface area contributed by atoms with Crippen molar-refractivity contribution in [2.45, 2.75) is 83.2 Å². The molecule has 0 bridgehead atoms. The van der Waals surface area contributed by atoms with Crippen LogP contribution in [0.25, 0.3) is 0 Å². The number of guanidine groups is 1. The number of unbranched alkanes of at least 4 members (excludes halogenated alkanes) is 1. The number of anilines is 1. The van der Waals surface area contributed by atoms with Crippen LogP contribution in [0.5, 0.6) is 5.75 Å². The van der Waals surface area contributed by atoms with E-state index in [9.17, 15) is 67.6 Å². The van der Waals surface area contributed by atoms with Gasteiger partial charge in [0.1, 0.15) is 29.5 Å². The molecule has 0 radical (unpaired) electrons. The number of hydrogen-bond donors (Lipinski definition) is 13. The van der Waals surface area contributed by atoms with Gasteiger partial charge in [-0.1, -0.05) is 36.4 Å². The van der Waals surface area contributed by atoms with Crippen LogP contribution in [-0.4, -0.2) is 222 Å². The zero-order valence-electron chi connectivity index (χ0n) is 48.5. The summed E-state index contributed by atoms with van der Waals surface area (Å²) in [6, 6.07) is 12.9. The van der Waals surface area contributed by atoms with Gasteiger partial charge in [0.2, 0.25) is 23.6 Å². The molecule has 1 saturated heterocycles. The second kappa shape index (κ2) is 36.0. The fourth-order valence-electron chi connectivity index (χ4n) is 9.88. The maximum atomic E-state index is 14.7. The third-order valence-electron chi connectivity index (χ3n) is 14.3. The largest absolute Gasteiger partial charge is 0.508 e. The summed E-state index contributed by atoms with van der Waals surface area (Å²) in [4.78, 5) is 114. The third-order valence-corrected chi connectivity index (χ3v) is 14.3. The zero-order valence-corrected chi connectivity index (χ0v) is 48.5. The molecular weight excluding hydrogens is 1120 g/mol. The molecule has 472 valence electrons. The van der Waals surface area contributed by atoms with E-state index >= 15 is 0 Å². The Labute approximate surface area is 498 Å². The molecule has 6 amide bonds. The Morgan fingerprint density at radius 1 is 0.628 bits per heavy atom. The van der Waals surface area contributed by atoms with Gasteiger partial charge in [0.25, 0.3) is 0 Å². The number of amides is 6. The summed E-state index contributed by atoms with van der Waals surface area (Å²) in [7, 11) is 0. The molecule has 3 aromatic rings. The minimum Gasteiger partial charge on any atom is -0.508 e. The summed E-state index contributed by atoms with van der Waals surface area (Å²) in [6.07, 6.45) is 2.13. The number of nitrogens with one attached hydrogen (secondary N) is 7. The van der Waals surface area contributed by atoms with E-state index in [0.717, 1.165) is 23.3 Å². The van der Waals surface area contributed by atoms with Crippen LogP contribution in [0.3, 0.4) is 0 Å². The lowest BCUT2D eigenvalue weighted by Gasteiger charge is -2.32. The molecule has 15 N–H and O–H groups in total. The zero-order chi connectivity index (χ0) is 62.5. The van der Waals surface area contributed by atoms with Crippen molar-refractivity contribution in [1.82, 2.24) is 56.4 Å². The number of nitrogens with two attached hydrogens (primary N) is 2. The number of carbonyl (C=O) groups is 8. The smallest absolute Gasteiger partial charge is 0.321 e. The number of carboxylic acid groups (broad SMARTS) is 3. The van der Waals surface area contributed by atoms with E-state index < -0.39 is 83.4 Å². The molecule has 3 aromatic carbocycles. The number of aliphatic imine (C=N–C) groups is 1. The molecule has 0 saturated carbocycles. The normalized spacial score (nSPS) is 16.0. The molecule has 3 atom stereocenters. The molecular formula is C57H83F2N15O12. The van der Waals surface area contributed by atoms with Crippen LogP contribution in [-0.2, 0) is 53.2 Å². The molecule has 5 rings (SSSR count). The Morgan fingerprint density at radius 2 is 1.19 bits per heavy atom. The SMILES string of the molecule is CCNC(=O)NC(N)=NCCC[C@@H](NC(=O)[C@H](c1cccc(NCCCNC(=O)[C@H](N)CCCCNC(=O)CN2CCN(CC(=O)O)CCN(CC(=O)O)CCN(CC(=O)O)CC2)c1)N1Cc2ccccc2C1)C(=O)NCc1c(F)cc(O)cc1F. The number of nitrogens with zero attached hydrogens (tertiary/aromatic N) is 6. The van der Waals surface area contributed by atoms with Crippen molar-refractivity contribution in [2.75, 3.05) is 117 Å². The average Bonchev–Trinajstić information content (AvgIpc) is 3.18. The molecule has 1 fully saturated rings. The number of aliphatic carboxylic acids is 3. The number of carboxylic acids is 3. The van der Waals surface area contributed by atoms with Gasteiger partial charge in [0, 0.05) is 128 Å². The van der Waals surface area contributed by atoms with Crippen LogP contribution in [0.2, 0.25) is 0 Å². The molecule has 29 heteroatoms. The van der Waals surface area contributed by atoms with Gasteiger partial charge in [-0.15, -0.1) is 0 Å². The van der Waals surface area contributed by atoms with Crippen LogP contribution in [0.1, 0.15) is 73.7 Å². The topological polar surface area (TPSA) is 382 Å². The van der Waals surface area contributed by atoms with Crippen LogP contribution < -0.4 is 48.7 Å². The molecule has 0 aromatic heterocycles. The van der Waals surface area contributed by atoms with Gasteiger partial charge in [0.05, 0.1) is 32.2 Å². The van der Waals surface area contributed by atoms with Crippen molar-refractivity contribution in [3.8, 4) is 5.75 Å². The lowest BCUT2D eigenvalue weighted by Crippen LogP contribution is -2.50. The number of phenolic OH excluding ortho intramolecular Hbond substituents is 1. The van der Waals surface area contributed by atoms with E-state index in [2.05, 4.69) is 42.2 Å². The summed E-state index contributed by atoms with van der Waals surface area (Å²) < 4.78 is 29.4. The van der Waals surface area contributed by atoms with Crippen LogP contribution in [0.15, 0.2) is 65.7 Å². The summed E-state index contributed by atoms with van der Waals surface area (Å²) >= 11 is 0. The first-order valence-corrected chi connectivity index (χ1v) is 28.8. The Hall–Kier alpha value is -8.09. The van der Waals surface area contributed by atoms with Gasteiger partial charge >= 0.3 is 23.9 Å². The maximum Gasteiger partial charge on any atom is 0.321 e. The standard InChI is InChI=1S/C57H83F2N15O12/c1-2-62-57(86)69-56(61)66-17-8-15-47(54(84)67-31-43-44(58)29-42(75)30-45(43)59)68-55(85)52(74-32-39-10-3-4-11-40(39)33-74)38-12-7-13-41(28-38)63-18-9-19-65-53(83)46(60)14-5-6-16-64-48(76)34-70-20-22-71(35-49(77)78)24-26-73(37-51(81)82)27-25-72(23-21-70)36-50(79)80/h3-4,7,10-13,28-30,46-47,52,63,75H,2,5-6,8-9,14-27,31-37,60H2,1H3,(H,64,76)(H,65,83)(H,67,84)(H,68,85)(H,77,78)(H,79,80)(H,81,82)(H4,61,62,66,69,86)/t46-,47-,52+/m1/s1. The lowest BCUT2D eigenvalue weighted by molar-refractivity contribution is -0.140. The van der Waals surface area contributed by atoms with E-state index in [-0.39, 0.29) is 103 Å². The molecule has 86 heavy (non-hydrogen) atoms. The Balaban J connectivity index is 1.11. The highest BCUT2D eigenvalue weighted by molar-refractivity contribution is 5.95.